The van der Waals surface area contributed by atoms with E-state index in [-0.39, 0.29) is 31.4 Å². The number of carbonyl (C=O) groups excluding carboxylic acids is 1. The zero-order valence-electron chi connectivity index (χ0n) is 12.3. The van der Waals surface area contributed by atoms with Gasteiger partial charge < -0.3 is 5.11 Å². The maximum Gasteiger partial charge on any atom is 0.248 e. The molecule has 0 heterocycles. The molecule has 0 aromatic heterocycles. The molecule has 0 aromatic rings. The van der Waals surface area contributed by atoms with E-state index in [1.165, 1.54) is 5.06 Å². The Labute approximate surface area is 121 Å². The lowest BCUT2D eigenvalue weighted by molar-refractivity contribution is -0.209. The summed E-state index contributed by atoms with van der Waals surface area (Å²) < 4.78 is 24.5. The van der Waals surface area contributed by atoms with E-state index >= 15 is 0 Å². The normalized spacial score (nSPS) is 13.5. The summed E-state index contributed by atoms with van der Waals surface area (Å²) in [4.78, 5) is 17.5. The molecule has 7 nitrogen and oxygen atoms in total. The van der Waals surface area contributed by atoms with Gasteiger partial charge in [-0.2, -0.15) is 0 Å². The van der Waals surface area contributed by atoms with Gasteiger partial charge in [-0.1, -0.05) is 20.8 Å². The van der Waals surface area contributed by atoms with Crippen molar-refractivity contribution in [3.63, 3.8) is 0 Å². The van der Waals surface area contributed by atoms with E-state index in [1.54, 1.807) is 13.8 Å². The van der Waals surface area contributed by atoms with Gasteiger partial charge in [0, 0.05) is 32.0 Å². The first-order valence-electron chi connectivity index (χ1n) is 6.54. The van der Waals surface area contributed by atoms with Crippen LogP contribution in [0, 0.1) is 12.8 Å². The smallest absolute Gasteiger partial charge is 0.248 e. The zero-order valence-corrected chi connectivity index (χ0v) is 13.1. The van der Waals surface area contributed by atoms with Crippen LogP contribution in [0.2, 0.25) is 0 Å². The van der Waals surface area contributed by atoms with Gasteiger partial charge in [0.15, 0.2) is 0 Å². The quantitative estimate of drug-likeness (QED) is 0.551. The minimum absolute atomic E-state index is 0.00158. The lowest BCUT2D eigenvalue weighted by atomic mass is 10.2. The number of hydrogen-bond acceptors (Lipinski definition) is 5. The number of rotatable bonds is 10. The third-order valence-corrected chi connectivity index (χ3v) is 3.09. The van der Waals surface area contributed by atoms with Crippen LogP contribution in [0.3, 0.4) is 0 Å². The number of aliphatic hydroxyl groups excluding tert-OH is 1. The third-order valence-electron chi connectivity index (χ3n) is 2.40. The Morgan fingerprint density at radius 1 is 1.45 bits per heavy atom. The van der Waals surface area contributed by atoms with Crippen LogP contribution >= 0.6 is 0 Å². The summed E-state index contributed by atoms with van der Waals surface area (Å²) in [5.74, 6) is -0.435. The molecule has 1 amide bonds. The summed E-state index contributed by atoms with van der Waals surface area (Å²) >= 11 is 0. The molecule has 0 fully saturated rings. The molecule has 0 spiro atoms. The van der Waals surface area contributed by atoms with E-state index in [9.17, 15) is 13.2 Å². The van der Waals surface area contributed by atoms with Gasteiger partial charge in [-0.3, -0.25) is 9.63 Å². The predicted molar refractivity (Wildman–Crippen MR) is 75.9 cm³/mol. The molecule has 2 N–H and O–H groups in total. The first-order chi connectivity index (χ1) is 9.21. The average Bonchev–Trinajstić information content (AvgIpc) is 2.33. The largest absolute Gasteiger partial charge is 0.396 e. The number of hydrogen-bond donors (Lipinski definition) is 2. The molecule has 0 saturated heterocycles. The second-order valence-corrected chi connectivity index (χ2v) is 6.64. The Hall–Kier alpha value is -0.700. The SMILES string of the molecule is [CH2]CCN(OC(CCO)CNS(C)(=O)=O)C(=O)C(C)C. The van der Waals surface area contributed by atoms with Crippen molar-refractivity contribution in [3.8, 4) is 0 Å². The molecule has 0 aliphatic rings. The summed E-state index contributed by atoms with van der Waals surface area (Å²) in [5, 5.41) is 10.2. The van der Waals surface area contributed by atoms with Crippen LogP contribution in [0.25, 0.3) is 0 Å². The minimum atomic E-state index is -3.35. The summed E-state index contributed by atoms with van der Waals surface area (Å²) in [7, 11) is -3.35. The number of sulfonamides is 1. The summed E-state index contributed by atoms with van der Waals surface area (Å²) in [6, 6.07) is 0. The number of aliphatic hydroxyl groups is 1. The summed E-state index contributed by atoms with van der Waals surface area (Å²) in [5.41, 5.74) is 0. The second kappa shape index (κ2) is 9.28. The van der Waals surface area contributed by atoms with Crippen molar-refractivity contribution in [2.45, 2.75) is 32.8 Å². The molecule has 1 radical (unpaired) electrons. The van der Waals surface area contributed by atoms with Crippen molar-refractivity contribution >= 4 is 15.9 Å². The van der Waals surface area contributed by atoms with Crippen LogP contribution < -0.4 is 4.72 Å². The predicted octanol–water partition coefficient (Wildman–Crippen LogP) is -0.0730. The lowest BCUT2D eigenvalue weighted by Crippen LogP contribution is -2.42. The molecule has 0 aliphatic carbocycles. The van der Waals surface area contributed by atoms with E-state index in [4.69, 9.17) is 9.94 Å². The Morgan fingerprint density at radius 2 is 2.05 bits per heavy atom. The highest BCUT2D eigenvalue weighted by atomic mass is 32.2. The van der Waals surface area contributed by atoms with Gasteiger partial charge in [-0.05, 0) is 6.42 Å². The molecule has 0 rings (SSSR count). The third kappa shape index (κ3) is 8.47. The molecule has 1 unspecified atom stereocenters. The molecule has 0 aromatic carbocycles. The van der Waals surface area contributed by atoms with Gasteiger partial charge in [-0.25, -0.2) is 18.2 Å². The van der Waals surface area contributed by atoms with E-state index in [0.29, 0.717) is 13.0 Å². The first kappa shape index (κ1) is 19.3. The van der Waals surface area contributed by atoms with Gasteiger partial charge >= 0.3 is 0 Å². The summed E-state index contributed by atoms with van der Waals surface area (Å²) in [6.45, 7) is 7.32. The van der Waals surface area contributed by atoms with Crippen LogP contribution in [0.4, 0.5) is 0 Å². The van der Waals surface area contributed by atoms with Gasteiger partial charge in [0.2, 0.25) is 15.9 Å². The number of amides is 1. The standard InChI is InChI=1S/C12H25N2O5S/c1-5-7-14(12(16)10(2)3)19-11(6-8-15)9-13-20(4,17)18/h10-11,13,15H,1,5-9H2,2-4H3. The molecular weight excluding hydrogens is 284 g/mol. The zero-order chi connectivity index (χ0) is 15.8. The van der Waals surface area contributed by atoms with Crippen LogP contribution in [-0.2, 0) is 19.7 Å². The first-order valence-corrected chi connectivity index (χ1v) is 8.43. The summed E-state index contributed by atoms with van der Waals surface area (Å²) in [6.07, 6.45) is 1.13. The van der Waals surface area contributed by atoms with Crippen molar-refractivity contribution in [2.24, 2.45) is 5.92 Å². The topological polar surface area (TPSA) is 95.9 Å². The molecule has 8 heteroatoms. The van der Waals surface area contributed by atoms with Gasteiger partial charge in [0.05, 0.1) is 6.26 Å². The monoisotopic (exact) mass is 309 g/mol. The van der Waals surface area contributed by atoms with E-state index in [0.717, 1.165) is 6.26 Å². The van der Waals surface area contributed by atoms with Gasteiger partial charge in [0.25, 0.3) is 0 Å². The minimum Gasteiger partial charge on any atom is -0.396 e. The second-order valence-electron chi connectivity index (χ2n) is 4.81. The number of carbonyl (C=O) groups is 1. The molecule has 0 aliphatic heterocycles. The highest BCUT2D eigenvalue weighted by Crippen LogP contribution is 2.08. The molecule has 0 bridgehead atoms. The molecule has 1 atom stereocenters. The van der Waals surface area contributed by atoms with Crippen molar-refractivity contribution < 1.29 is 23.2 Å². The maximum atomic E-state index is 11.9. The van der Waals surface area contributed by atoms with Crippen LogP contribution in [0.1, 0.15) is 26.7 Å². The molecule has 0 saturated carbocycles. The van der Waals surface area contributed by atoms with Crippen molar-refractivity contribution in [3.05, 3.63) is 6.92 Å². The van der Waals surface area contributed by atoms with Crippen LogP contribution in [0.5, 0.6) is 0 Å². The highest BCUT2D eigenvalue weighted by molar-refractivity contribution is 7.88. The Balaban J connectivity index is 4.68. The number of nitrogens with one attached hydrogen (secondary N) is 1. The Morgan fingerprint density at radius 3 is 2.45 bits per heavy atom. The van der Waals surface area contributed by atoms with E-state index in [2.05, 4.69) is 11.6 Å². The van der Waals surface area contributed by atoms with Crippen LogP contribution in [0.15, 0.2) is 0 Å². The Bertz CT molecular complexity index is 383. The number of nitrogens with zero attached hydrogens (tertiary/aromatic N) is 1. The maximum absolute atomic E-state index is 11.9. The number of hydroxylamine groups is 2. The van der Waals surface area contributed by atoms with Crippen LogP contribution in [-0.4, -0.2) is 56.6 Å². The van der Waals surface area contributed by atoms with Crippen molar-refractivity contribution in [1.29, 1.82) is 0 Å². The molecular formula is C12H25N2O5S. The fraction of sp³-hybridized carbons (Fsp3) is 0.833. The molecule has 119 valence electrons. The fourth-order valence-electron chi connectivity index (χ4n) is 1.41. The molecule has 20 heavy (non-hydrogen) atoms. The fourth-order valence-corrected chi connectivity index (χ4v) is 1.90. The van der Waals surface area contributed by atoms with E-state index in [1.807, 2.05) is 0 Å². The highest BCUT2D eigenvalue weighted by Gasteiger charge is 2.22. The van der Waals surface area contributed by atoms with Crippen molar-refractivity contribution in [1.82, 2.24) is 9.79 Å². The Kier molecular flexibility index (Phi) is 8.95. The van der Waals surface area contributed by atoms with Gasteiger partial charge in [0.1, 0.15) is 6.10 Å². The van der Waals surface area contributed by atoms with E-state index < -0.39 is 16.1 Å². The van der Waals surface area contributed by atoms with Gasteiger partial charge in [-0.15, -0.1) is 0 Å². The average molecular weight is 309 g/mol. The lowest BCUT2D eigenvalue weighted by Gasteiger charge is -2.28. The van der Waals surface area contributed by atoms with Crippen molar-refractivity contribution in [2.75, 3.05) is 26.0 Å².